The van der Waals surface area contributed by atoms with Gasteiger partial charge in [-0.05, 0) is 46.9 Å². The van der Waals surface area contributed by atoms with Crippen LogP contribution in [0.4, 0.5) is 0 Å². The molecule has 0 amide bonds. The molecule has 0 aromatic heterocycles. The third kappa shape index (κ3) is 5.89. The Morgan fingerprint density at radius 1 is 1.11 bits per heavy atom. The van der Waals surface area contributed by atoms with Crippen molar-refractivity contribution >= 4 is 12.0 Å². The minimum Gasteiger partial charge on any atom is -0.493 e. The van der Waals surface area contributed by atoms with E-state index in [1.165, 1.54) is 18.7 Å². The molecule has 0 atom stereocenters. The number of allylic oxidation sites excluding steroid dienone is 1. The Bertz CT molecular complexity index is 855. The summed E-state index contributed by atoms with van der Waals surface area (Å²) in [7, 11) is 1.48. The van der Waals surface area contributed by atoms with Gasteiger partial charge in [0, 0.05) is 6.08 Å². The lowest BCUT2D eigenvalue weighted by Crippen LogP contribution is -2.18. The summed E-state index contributed by atoms with van der Waals surface area (Å²) in [5, 5.41) is 8.58. The van der Waals surface area contributed by atoms with Gasteiger partial charge in [-0.3, -0.25) is 0 Å². The first kappa shape index (κ1) is 20.1. The summed E-state index contributed by atoms with van der Waals surface area (Å²) >= 11 is 0. The van der Waals surface area contributed by atoms with Crippen LogP contribution in [-0.4, -0.2) is 19.7 Å². The van der Waals surface area contributed by atoms with Crippen molar-refractivity contribution < 1.29 is 19.0 Å². The molecule has 0 bridgehead atoms. The van der Waals surface area contributed by atoms with Gasteiger partial charge < -0.3 is 14.2 Å². The van der Waals surface area contributed by atoms with Gasteiger partial charge in [-0.15, -0.1) is 0 Å². The molecule has 2 aromatic rings. The average Bonchev–Trinajstić information content (AvgIpc) is 2.65. The van der Waals surface area contributed by atoms with Crippen LogP contribution in [0, 0.1) is 11.3 Å². The number of nitriles is 1. The van der Waals surface area contributed by atoms with Crippen molar-refractivity contribution in [2.24, 2.45) is 0 Å². The topological polar surface area (TPSA) is 68.5 Å². The highest BCUT2D eigenvalue weighted by atomic mass is 16.6. The van der Waals surface area contributed by atoms with Crippen molar-refractivity contribution in [3.05, 3.63) is 59.7 Å². The Labute approximate surface area is 159 Å². The lowest BCUT2D eigenvalue weighted by molar-refractivity contribution is -0.136. The van der Waals surface area contributed by atoms with Gasteiger partial charge in [0.15, 0.2) is 18.1 Å². The summed E-state index contributed by atoms with van der Waals surface area (Å²) in [5.74, 6) is 0.763. The van der Waals surface area contributed by atoms with Gasteiger partial charge in [-0.1, -0.05) is 39.0 Å². The molecule has 27 heavy (non-hydrogen) atoms. The molecule has 5 nitrogen and oxygen atoms in total. The van der Waals surface area contributed by atoms with Gasteiger partial charge in [-0.2, -0.15) is 5.26 Å². The molecule has 0 saturated carbocycles. The van der Waals surface area contributed by atoms with Gasteiger partial charge in [0.25, 0.3) is 0 Å². The average molecular weight is 365 g/mol. The second kappa shape index (κ2) is 8.91. The van der Waals surface area contributed by atoms with Crippen LogP contribution in [0.25, 0.3) is 6.08 Å². The van der Waals surface area contributed by atoms with Gasteiger partial charge >= 0.3 is 5.97 Å². The molecule has 140 valence electrons. The molecule has 0 saturated heterocycles. The van der Waals surface area contributed by atoms with Crippen LogP contribution in [0.2, 0.25) is 0 Å². The number of ether oxygens (including phenoxy) is 3. The number of benzene rings is 2. The van der Waals surface area contributed by atoms with Crippen LogP contribution in [0.5, 0.6) is 17.2 Å². The van der Waals surface area contributed by atoms with Crippen molar-refractivity contribution in [2.75, 3.05) is 13.7 Å². The molecule has 2 aromatic carbocycles. The first-order valence-electron chi connectivity index (χ1n) is 8.51. The Hall–Kier alpha value is -3.26. The molecule has 5 heteroatoms. The van der Waals surface area contributed by atoms with E-state index in [1.807, 2.05) is 30.3 Å². The quantitative estimate of drug-likeness (QED) is 0.428. The number of rotatable bonds is 6. The maximum Gasteiger partial charge on any atom is 0.349 e. The zero-order chi connectivity index (χ0) is 19.9. The lowest BCUT2D eigenvalue weighted by atomic mass is 9.87. The molecule has 0 radical (unpaired) electrons. The number of carbonyl (C=O) groups excluding carboxylic acids is 1. The zero-order valence-electron chi connectivity index (χ0n) is 16.0. The fraction of sp³-hybridized carbons (Fsp3) is 0.273. The predicted molar refractivity (Wildman–Crippen MR) is 104 cm³/mol. The second-order valence-corrected chi connectivity index (χ2v) is 6.91. The van der Waals surface area contributed by atoms with Crippen LogP contribution < -0.4 is 14.2 Å². The number of carbonyl (C=O) groups is 1. The third-order valence-corrected chi connectivity index (χ3v) is 3.84. The summed E-state index contributed by atoms with van der Waals surface area (Å²) < 4.78 is 16.1. The first-order valence-corrected chi connectivity index (χ1v) is 8.51. The lowest BCUT2D eigenvalue weighted by Gasteiger charge is -2.19. The zero-order valence-corrected chi connectivity index (χ0v) is 16.0. The molecule has 0 aliphatic carbocycles. The number of methoxy groups -OCH3 is 1. The van der Waals surface area contributed by atoms with Crippen molar-refractivity contribution in [3.8, 4) is 23.3 Å². The Balaban J connectivity index is 1.97. The molecule has 2 rings (SSSR count). The number of hydrogen-bond donors (Lipinski definition) is 0. The van der Waals surface area contributed by atoms with Crippen LogP contribution in [0.1, 0.15) is 31.9 Å². The van der Waals surface area contributed by atoms with Gasteiger partial charge in [-0.25, -0.2) is 4.79 Å². The summed E-state index contributed by atoms with van der Waals surface area (Å²) in [5.41, 5.74) is 2.01. The van der Waals surface area contributed by atoms with Crippen molar-refractivity contribution in [2.45, 2.75) is 26.2 Å². The minimum atomic E-state index is -0.534. The predicted octanol–water partition coefficient (Wildman–Crippen LogP) is 4.51. The van der Waals surface area contributed by atoms with Crippen LogP contribution in [0.15, 0.2) is 48.5 Å². The molecule has 0 fully saturated rings. The maximum atomic E-state index is 12.1. The van der Waals surface area contributed by atoms with Gasteiger partial charge in [0.05, 0.1) is 13.2 Å². The van der Waals surface area contributed by atoms with E-state index in [0.717, 1.165) is 5.56 Å². The minimum absolute atomic E-state index is 0.0581. The van der Waals surface area contributed by atoms with E-state index in [2.05, 4.69) is 20.8 Å². The monoisotopic (exact) mass is 365 g/mol. The second-order valence-electron chi connectivity index (χ2n) is 6.91. The van der Waals surface area contributed by atoms with E-state index in [1.54, 1.807) is 24.3 Å². The molecular formula is C22H23NO4. The van der Waals surface area contributed by atoms with E-state index in [-0.39, 0.29) is 12.0 Å². The van der Waals surface area contributed by atoms with E-state index in [4.69, 9.17) is 19.5 Å². The van der Waals surface area contributed by atoms with Crippen molar-refractivity contribution in [3.63, 3.8) is 0 Å². The molecule has 0 aliphatic rings. The number of nitrogens with zero attached hydrogens (tertiary/aromatic N) is 1. The number of esters is 1. The van der Waals surface area contributed by atoms with Crippen LogP contribution in [-0.2, 0) is 10.2 Å². The van der Waals surface area contributed by atoms with Crippen molar-refractivity contribution in [1.82, 2.24) is 0 Å². The number of hydrogen-bond acceptors (Lipinski definition) is 5. The summed E-state index contributed by atoms with van der Waals surface area (Å²) in [6.07, 6.45) is 3.00. The summed E-state index contributed by atoms with van der Waals surface area (Å²) in [6, 6.07) is 14.6. The van der Waals surface area contributed by atoms with Crippen molar-refractivity contribution in [1.29, 1.82) is 5.26 Å². The standard InChI is InChI=1S/C22H23NO4/c1-22(2,3)17-8-10-18(11-9-17)26-15-21(24)27-19-12-7-16(6-5-13-23)14-20(19)25-4/h5-12,14H,15H2,1-4H3/b6-5-. The fourth-order valence-corrected chi connectivity index (χ4v) is 2.35. The molecule has 0 spiro atoms. The largest absolute Gasteiger partial charge is 0.493 e. The van der Waals surface area contributed by atoms with Crippen LogP contribution >= 0.6 is 0 Å². The van der Waals surface area contributed by atoms with E-state index in [9.17, 15) is 4.79 Å². The molecule has 0 unspecified atom stereocenters. The SMILES string of the molecule is COc1cc(/C=C\C#N)ccc1OC(=O)COc1ccc(C(C)(C)C)cc1. The van der Waals surface area contributed by atoms with Gasteiger partial charge in [0.2, 0.25) is 0 Å². The molecular weight excluding hydrogens is 342 g/mol. The smallest absolute Gasteiger partial charge is 0.349 e. The highest BCUT2D eigenvalue weighted by molar-refractivity contribution is 5.75. The first-order chi connectivity index (χ1) is 12.8. The van der Waals surface area contributed by atoms with E-state index < -0.39 is 5.97 Å². The Kier molecular flexibility index (Phi) is 6.62. The Morgan fingerprint density at radius 2 is 1.81 bits per heavy atom. The molecule has 0 heterocycles. The normalized spacial score (nSPS) is 11.1. The maximum absolute atomic E-state index is 12.1. The van der Waals surface area contributed by atoms with E-state index in [0.29, 0.717) is 17.2 Å². The molecule has 0 N–H and O–H groups in total. The summed E-state index contributed by atoms with van der Waals surface area (Å²) in [4.78, 5) is 12.1. The Morgan fingerprint density at radius 3 is 2.41 bits per heavy atom. The highest BCUT2D eigenvalue weighted by Gasteiger charge is 2.14. The highest BCUT2D eigenvalue weighted by Crippen LogP contribution is 2.29. The van der Waals surface area contributed by atoms with Gasteiger partial charge in [0.1, 0.15) is 5.75 Å². The molecule has 0 aliphatic heterocycles. The fourth-order valence-electron chi connectivity index (χ4n) is 2.35. The third-order valence-electron chi connectivity index (χ3n) is 3.84. The summed E-state index contributed by atoms with van der Waals surface area (Å²) in [6.45, 7) is 6.19. The van der Waals surface area contributed by atoms with E-state index >= 15 is 0 Å². The van der Waals surface area contributed by atoms with Crippen LogP contribution in [0.3, 0.4) is 0 Å².